The molecule has 0 aliphatic rings. The molecular formula is C35H38ClN3O5S. The highest BCUT2D eigenvalue weighted by atomic mass is 35.5. The molecular weight excluding hydrogens is 610 g/mol. The summed E-state index contributed by atoms with van der Waals surface area (Å²) in [6.07, 6.45) is 0.225. The van der Waals surface area contributed by atoms with Gasteiger partial charge in [-0.1, -0.05) is 72.3 Å². The zero-order valence-corrected chi connectivity index (χ0v) is 27.2. The van der Waals surface area contributed by atoms with Gasteiger partial charge in [0.05, 0.1) is 17.2 Å². The van der Waals surface area contributed by atoms with Gasteiger partial charge < -0.3 is 15.0 Å². The number of nitrogens with one attached hydrogen (secondary N) is 1. The van der Waals surface area contributed by atoms with Gasteiger partial charge in [0.15, 0.2) is 0 Å². The Bertz CT molecular complexity index is 1670. The molecule has 1 atom stereocenters. The smallest absolute Gasteiger partial charge is 0.264 e. The van der Waals surface area contributed by atoms with E-state index in [1.165, 1.54) is 17.0 Å². The lowest BCUT2D eigenvalue weighted by Gasteiger charge is -2.34. The van der Waals surface area contributed by atoms with Crippen molar-refractivity contribution < 1.29 is 22.7 Å². The van der Waals surface area contributed by atoms with E-state index in [-0.39, 0.29) is 29.8 Å². The second-order valence-corrected chi connectivity index (χ2v) is 13.1. The van der Waals surface area contributed by atoms with E-state index in [1.807, 2.05) is 57.2 Å². The molecule has 4 aromatic rings. The summed E-state index contributed by atoms with van der Waals surface area (Å²) >= 11 is 6.29. The van der Waals surface area contributed by atoms with Gasteiger partial charge in [-0.2, -0.15) is 0 Å². The van der Waals surface area contributed by atoms with Crippen molar-refractivity contribution in [1.82, 2.24) is 10.2 Å². The maximum Gasteiger partial charge on any atom is 0.264 e. The molecule has 0 spiro atoms. The van der Waals surface area contributed by atoms with E-state index in [2.05, 4.69) is 5.32 Å². The van der Waals surface area contributed by atoms with Crippen LogP contribution in [0.5, 0.6) is 5.75 Å². The predicted molar refractivity (Wildman–Crippen MR) is 178 cm³/mol. The molecule has 4 rings (SSSR count). The Balaban J connectivity index is 1.78. The van der Waals surface area contributed by atoms with Crippen LogP contribution in [0, 0.1) is 0 Å². The van der Waals surface area contributed by atoms with E-state index in [4.69, 9.17) is 16.3 Å². The third kappa shape index (κ3) is 9.09. The van der Waals surface area contributed by atoms with Gasteiger partial charge in [0.1, 0.15) is 18.3 Å². The lowest BCUT2D eigenvalue weighted by Crippen LogP contribution is -2.54. The average molecular weight is 648 g/mol. The summed E-state index contributed by atoms with van der Waals surface area (Å²) in [5.74, 6) is -0.357. The normalized spacial score (nSPS) is 11.9. The summed E-state index contributed by atoms with van der Waals surface area (Å²) in [4.78, 5) is 29.6. The van der Waals surface area contributed by atoms with Gasteiger partial charge in [-0.3, -0.25) is 13.9 Å². The Morgan fingerprint density at radius 2 is 1.47 bits per heavy atom. The molecule has 1 N–H and O–H groups in total. The number of carbonyl (C=O) groups is 2. The molecule has 2 amide bonds. The second kappa shape index (κ2) is 15.6. The number of para-hydroxylation sites is 1. The minimum Gasteiger partial charge on any atom is -0.494 e. The quantitative estimate of drug-likeness (QED) is 0.179. The van der Waals surface area contributed by atoms with E-state index >= 15 is 0 Å². The molecule has 0 aromatic heterocycles. The van der Waals surface area contributed by atoms with Crippen molar-refractivity contribution in [3.05, 3.63) is 125 Å². The topological polar surface area (TPSA) is 96.0 Å². The summed E-state index contributed by atoms with van der Waals surface area (Å²) in [5, 5.41) is 3.43. The highest BCUT2D eigenvalue weighted by molar-refractivity contribution is 7.92. The molecule has 0 fully saturated rings. The summed E-state index contributed by atoms with van der Waals surface area (Å²) in [5.41, 5.74) is 1.87. The standard InChI is InChI=1S/C35H38ClN3O5S/c1-4-44-31-18-20-32(21-19-31)45(42,43)39(30-16-9-6-10-17-30)25-34(40)38(24-28-14-11-15-29(36)22-28)33(35(41)37-26(2)3)23-27-12-7-5-8-13-27/h5-22,26,33H,4,23-25H2,1-3H3,(H,37,41). The summed E-state index contributed by atoms with van der Waals surface area (Å²) in [6.45, 7) is 5.47. The number of anilines is 1. The Hall–Kier alpha value is -4.34. The first-order valence-electron chi connectivity index (χ1n) is 14.8. The first kappa shape index (κ1) is 33.6. The van der Waals surface area contributed by atoms with Crippen molar-refractivity contribution in [1.29, 1.82) is 0 Å². The van der Waals surface area contributed by atoms with E-state index in [0.717, 1.165) is 9.87 Å². The maximum absolute atomic E-state index is 14.4. The van der Waals surface area contributed by atoms with Crippen LogP contribution in [-0.4, -0.2) is 50.4 Å². The molecule has 0 saturated heterocycles. The van der Waals surface area contributed by atoms with E-state index in [9.17, 15) is 18.0 Å². The number of hydrogen-bond acceptors (Lipinski definition) is 5. The number of rotatable bonds is 14. The Morgan fingerprint density at radius 1 is 0.844 bits per heavy atom. The average Bonchev–Trinajstić information content (AvgIpc) is 3.02. The van der Waals surface area contributed by atoms with Crippen LogP contribution in [0.2, 0.25) is 5.02 Å². The number of ether oxygens (including phenoxy) is 1. The van der Waals surface area contributed by atoms with Crippen LogP contribution in [0.3, 0.4) is 0 Å². The fraction of sp³-hybridized carbons (Fsp3) is 0.257. The fourth-order valence-electron chi connectivity index (χ4n) is 4.89. The SMILES string of the molecule is CCOc1ccc(S(=O)(=O)N(CC(=O)N(Cc2cccc(Cl)c2)C(Cc2ccccc2)C(=O)NC(C)C)c2ccccc2)cc1. The van der Waals surface area contributed by atoms with Crippen molar-refractivity contribution in [2.45, 2.75) is 50.7 Å². The lowest BCUT2D eigenvalue weighted by atomic mass is 10.0. The van der Waals surface area contributed by atoms with Crippen LogP contribution in [0.25, 0.3) is 0 Å². The molecule has 0 aliphatic heterocycles. The zero-order valence-electron chi connectivity index (χ0n) is 25.6. The van der Waals surface area contributed by atoms with E-state index in [1.54, 1.807) is 60.7 Å². The summed E-state index contributed by atoms with van der Waals surface area (Å²) in [7, 11) is -4.21. The van der Waals surface area contributed by atoms with Crippen molar-refractivity contribution >= 4 is 39.1 Å². The third-order valence-corrected chi connectivity index (χ3v) is 9.01. The summed E-state index contributed by atoms with van der Waals surface area (Å²) < 4.78 is 34.8. The molecule has 236 valence electrons. The highest BCUT2D eigenvalue weighted by Crippen LogP contribution is 2.26. The highest BCUT2D eigenvalue weighted by Gasteiger charge is 2.34. The number of sulfonamides is 1. The fourth-order valence-corrected chi connectivity index (χ4v) is 6.52. The number of amides is 2. The molecule has 0 saturated carbocycles. The molecule has 4 aromatic carbocycles. The van der Waals surface area contributed by atoms with Crippen molar-refractivity contribution in [3.8, 4) is 5.75 Å². The monoisotopic (exact) mass is 647 g/mol. The lowest BCUT2D eigenvalue weighted by molar-refractivity contribution is -0.140. The number of nitrogens with zero attached hydrogens (tertiary/aromatic N) is 2. The number of benzene rings is 4. The Kier molecular flexibility index (Phi) is 11.6. The summed E-state index contributed by atoms with van der Waals surface area (Å²) in [6, 6.07) is 29.9. The predicted octanol–water partition coefficient (Wildman–Crippen LogP) is 6.10. The van der Waals surface area contributed by atoms with Gasteiger partial charge in [-0.15, -0.1) is 0 Å². The minimum atomic E-state index is -4.21. The van der Waals surface area contributed by atoms with Gasteiger partial charge in [0, 0.05) is 24.0 Å². The molecule has 0 radical (unpaired) electrons. The third-order valence-electron chi connectivity index (χ3n) is 6.99. The van der Waals surface area contributed by atoms with Gasteiger partial charge in [-0.05, 0) is 80.4 Å². The van der Waals surface area contributed by atoms with Gasteiger partial charge in [0.25, 0.3) is 10.0 Å². The van der Waals surface area contributed by atoms with Crippen LogP contribution in [0.1, 0.15) is 31.9 Å². The number of hydrogen-bond donors (Lipinski definition) is 1. The first-order chi connectivity index (χ1) is 21.6. The molecule has 8 nitrogen and oxygen atoms in total. The Morgan fingerprint density at radius 3 is 2.07 bits per heavy atom. The van der Waals surface area contributed by atoms with Crippen LogP contribution < -0.4 is 14.4 Å². The molecule has 0 aliphatic carbocycles. The van der Waals surface area contributed by atoms with Crippen LogP contribution in [-0.2, 0) is 32.6 Å². The number of carbonyl (C=O) groups excluding carboxylic acids is 2. The Labute approximate surface area is 270 Å². The largest absolute Gasteiger partial charge is 0.494 e. The van der Waals surface area contributed by atoms with Crippen molar-refractivity contribution in [2.75, 3.05) is 17.5 Å². The molecule has 0 heterocycles. The van der Waals surface area contributed by atoms with E-state index < -0.39 is 28.5 Å². The zero-order chi connectivity index (χ0) is 32.4. The van der Waals surface area contributed by atoms with Crippen molar-refractivity contribution in [3.63, 3.8) is 0 Å². The number of halogens is 1. The molecule has 1 unspecified atom stereocenters. The molecule has 0 bridgehead atoms. The first-order valence-corrected chi connectivity index (χ1v) is 16.6. The van der Waals surface area contributed by atoms with Crippen LogP contribution in [0.15, 0.2) is 114 Å². The molecule has 10 heteroatoms. The van der Waals surface area contributed by atoms with Crippen LogP contribution in [0.4, 0.5) is 5.69 Å². The van der Waals surface area contributed by atoms with Gasteiger partial charge in [-0.25, -0.2) is 8.42 Å². The van der Waals surface area contributed by atoms with Crippen LogP contribution >= 0.6 is 11.6 Å². The van der Waals surface area contributed by atoms with Gasteiger partial charge >= 0.3 is 0 Å². The van der Waals surface area contributed by atoms with E-state index in [0.29, 0.717) is 28.6 Å². The molecule has 45 heavy (non-hydrogen) atoms. The second-order valence-electron chi connectivity index (χ2n) is 10.8. The van der Waals surface area contributed by atoms with Gasteiger partial charge in [0.2, 0.25) is 11.8 Å². The van der Waals surface area contributed by atoms with Crippen molar-refractivity contribution in [2.24, 2.45) is 0 Å². The minimum absolute atomic E-state index is 0.00221. The maximum atomic E-state index is 14.4.